The normalized spacial score (nSPS) is 23.5. The number of piperazine rings is 1. The van der Waals surface area contributed by atoms with Gasteiger partial charge in [-0.1, -0.05) is 38.3 Å². The molecule has 2 heterocycles. The second-order valence-electron chi connectivity index (χ2n) is 11.2. The van der Waals surface area contributed by atoms with Crippen LogP contribution in [0.1, 0.15) is 70.4 Å². The molecule has 0 bridgehead atoms. The molecule has 2 atom stereocenters. The van der Waals surface area contributed by atoms with Crippen LogP contribution in [0.4, 0.5) is 5.69 Å². The van der Waals surface area contributed by atoms with Gasteiger partial charge < -0.3 is 15.1 Å². The van der Waals surface area contributed by atoms with Crippen LogP contribution in [0.2, 0.25) is 5.02 Å². The Bertz CT molecular complexity index is 991. The number of hydrogen-bond donors (Lipinski definition) is 1. The number of anilines is 1. The van der Waals surface area contributed by atoms with Crippen LogP contribution in [0.25, 0.3) is 0 Å². The SMILES string of the molecule is Cc1c(CN2CCN(C(=O)C3CCCC3)C(C)C2)cc(Cl)cc1NC(=O)C1CCCN1C(=O)C(C)C. The third kappa shape index (κ3) is 5.88. The molecule has 2 saturated heterocycles. The summed E-state index contributed by atoms with van der Waals surface area (Å²) < 4.78 is 0. The number of amides is 3. The van der Waals surface area contributed by atoms with E-state index >= 15 is 0 Å². The Morgan fingerprint density at radius 1 is 1.03 bits per heavy atom. The highest BCUT2D eigenvalue weighted by Crippen LogP contribution is 2.30. The van der Waals surface area contributed by atoms with E-state index in [1.54, 1.807) is 11.0 Å². The Morgan fingerprint density at radius 3 is 2.42 bits per heavy atom. The first kappa shape index (κ1) is 26.9. The van der Waals surface area contributed by atoms with Crippen LogP contribution < -0.4 is 5.32 Å². The van der Waals surface area contributed by atoms with Gasteiger partial charge in [-0.2, -0.15) is 0 Å². The number of nitrogens with one attached hydrogen (secondary N) is 1. The predicted molar refractivity (Wildman–Crippen MR) is 143 cm³/mol. The summed E-state index contributed by atoms with van der Waals surface area (Å²) in [7, 11) is 0. The summed E-state index contributed by atoms with van der Waals surface area (Å²) in [6, 6.07) is 3.51. The second kappa shape index (κ2) is 11.5. The molecular formula is C28H41ClN4O3. The fourth-order valence-corrected chi connectivity index (χ4v) is 6.27. The smallest absolute Gasteiger partial charge is 0.247 e. The number of nitrogens with zero attached hydrogens (tertiary/aromatic N) is 3. The molecule has 198 valence electrons. The van der Waals surface area contributed by atoms with E-state index in [0.717, 1.165) is 50.0 Å². The molecule has 8 heteroatoms. The lowest BCUT2D eigenvalue weighted by atomic mass is 10.0. The van der Waals surface area contributed by atoms with Gasteiger partial charge in [0.1, 0.15) is 6.04 Å². The van der Waals surface area contributed by atoms with Gasteiger partial charge in [-0.15, -0.1) is 0 Å². The predicted octanol–water partition coefficient (Wildman–Crippen LogP) is 4.46. The van der Waals surface area contributed by atoms with Gasteiger partial charge in [0.2, 0.25) is 17.7 Å². The molecule has 3 aliphatic rings. The summed E-state index contributed by atoms with van der Waals surface area (Å²) in [5, 5.41) is 3.65. The average Bonchev–Trinajstić information content (AvgIpc) is 3.53. The third-order valence-electron chi connectivity index (χ3n) is 8.16. The first-order valence-corrected chi connectivity index (χ1v) is 14.0. The Labute approximate surface area is 220 Å². The van der Waals surface area contributed by atoms with Gasteiger partial charge in [0.05, 0.1) is 0 Å². The molecule has 1 aromatic rings. The van der Waals surface area contributed by atoms with E-state index in [9.17, 15) is 14.4 Å². The lowest BCUT2D eigenvalue weighted by Crippen LogP contribution is -2.54. The van der Waals surface area contributed by atoms with Crippen LogP contribution in [0.15, 0.2) is 12.1 Å². The van der Waals surface area contributed by atoms with Crippen LogP contribution in [0.3, 0.4) is 0 Å². The van der Waals surface area contributed by atoms with E-state index in [0.29, 0.717) is 36.1 Å². The topological polar surface area (TPSA) is 73.0 Å². The number of rotatable bonds is 6. The minimum Gasteiger partial charge on any atom is -0.337 e. The van der Waals surface area contributed by atoms with E-state index in [1.165, 1.54) is 12.8 Å². The average molecular weight is 517 g/mol. The van der Waals surface area contributed by atoms with E-state index in [1.807, 2.05) is 26.8 Å². The Balaban J connectivity index is 1.41. The monoisotopic (exact) mass is 516 g/mol. The molecule has 36 heavy (non-hydrogen) atoms. The van der Waals surface area contributed by atoms with Crippen molar-refractivity contribution < 1.29 is 14.4 Å². The number of likely N-dealkylation sites (tertiary alicyclic amines) is 1. The van der Waals surface area contributed by atoms with E-state index < -0.39 is 6.04 Å². The Hall–Kier alpha value is -2.12. The first-order valence-electron chi connectivity index (χ1n) is 13.6. The van der Waals surface area contributed by atoms with Gasteiger partial charge in [0.15, 0.2) is 0 Å². The standard InChI is InChI=1S/C28H41ClN4O3/c1-18(2)27(35)33-11-7-10-25(33)26(34)30-24-15-23(29)14-22(20(24)4)17-31-12-13-32(19(3)16-31)28(36)21-8-5-6-9-21/h14-15,18-19,21,25H,5-13,16-17H2,1-4H3,(H,30,34). The number of carbonyl (C=O) groups excluding carboxylic acids is 3. The zero-order chi connectivity index (χ0) is 26.0. The molecule has 0 radical (unpaired) electrons. The fraction of sp³-hybridized carbons (Fsp3) is 0.679. The molecule has 1 aromatic carbocycles. The summed E-state index contributed by atoms with van der Waals surface area (Å²) in [5.41, 5.74) is 2.76. The van der Waals surface area contributed by atoms with Crippen LogP contribution >= 0.6 is 11.6 Å². The first-order chi connectivity index (χ1) is 17.2. The summed E-state index contributed by atoms with van der Waals surface area (Å²) >= 11 is 6.48. The molecular weight excluding hydrogens is 476 g/mol. The van der Waals surface area contributed by atoms with Crippen LogP contribution in [-0.2, 0) is 20.9 Å². The van der Waals surface area contributed by atoms with Crippen molar-refractivity contribution in [2.24, 2.45) is 11.8 Å². The maximum atomic E-state index is 13.2. The molecule has 2 aliphatic heterocycles. The molecule has 7 nitrogen and oxygen atoms in total. The highest BCUT2D eigenvalue weighted by Gasteiger charge is 2.36. The lowest BCUT2D eigenvalue weighted by Gasteiger charge is -2.41. The van der Waals surface area contributed by atoms with Crippen molar-refractivity contribution in [3.8, 4) is 0 Å². The van der Waals surface area contributed by atoms with Crippen molar-refractivity contribution in [1.82, 2.24) is 14.7 Å². The summed E-state index contributed by atoms with van der Waals surface area (Å²) in [6.07, 6.45) is 5.93. The molecule has 1 saturated carbocycles. The van der Waals surface area contributed by atoms with Gasteiger partial charge in [0, 0.05) is 61.3 Å². The minimum absolute atomic E-state index is 0.0239. The molecule has 3 fully saturated rings. The second-order valence-corrected chi connectivity index (χ2v) is 11.6. The van der Waals surface area contributed by atoms with Crippen molar-refractivity contribution in [3.63, 3.8) is 0 Å². The van der Waals surface area contributed by atoms with Gasteiger partial charge in [-0.25, -0.2) is 0 Å². The van der Waals surface area contributed by atoms with Gasteiger partial charge in [-0.05, 0) is 62.8 Å². The summed E-state index contributed by atoms with van der Waals surface area (Å²) in [5.74, 6) is 0.294. The van der Waals surface area contributed by atoms with Gasteiger partial charge >= 0.3 is 0 Å². The molecule has 0 aromatic heterocycles. The molecule has 2 unspecified atom stereocenters. The van der Waals surface area contributed by atoms with Crippen molar-refractivity contribution >= 4 is 35.0 Å². The largest absolute Gasteiger partial charge is 0.337 e. The van der Waals surface area contributed by atoms with Crippen molar-refractivity contribution in [3.05, 3.63) is 28.3 Å². The Morgan fingerprint density at radius 2 is 1.75 bits per heavy atom. The van der Waals surface area contributed by atoms with Crippen molar-refractivity contribution in [2.75, 3.05) is 31.5 Å². The number of carbonyl (C=O) groups is 3. The van der Waals surface area contributed by atoms with Crippen LogP contribution in [-0.4, -0.2) is 70.7 Å². The zero-order valence-corrected chi connectivity index (χ0v) is 22.9. The van der Waals surface area contributed by atoms with Crippen molar-refractivity contribution in [2.45, 2.75) is 84.8 Å². The van der Waals surface area contributed by atoms with Gasteiger partial charge in [-0.3, -0.25) is 19.3 Å². The van der Waals surface area contributed by atoms with E-state index in [2.05, 4.69) is 22.0 Å². The molecule has 1 N–H and O–H groups in total. The highest BCUT2D eigenvalue weighted by atomic mass is 35.5. The third-order valence-corrected chi connectivity index (χ3v) is 8.38. The van der Waals surface area contributed by atoms with Crippen LogP contribution in [0, 0.1) is 18.8 Å². The minimum atomic E-state index is -0.437. The maximum Gasteiger partial charge on any atom is 0.247 e. The quantitative estimate of drug-likeness (QED) is 0.606. The zero-order valence-electron chi connectivity index (χ0n) is 22.2. The van der Waals surface area contributed by atoms with E-state index in [4.69, 9.17) is 11.6 Å². The Kier molecular flexibility index (Phi) is 8.61. The molecule has 4 rings (SSSR count). The highest BCUT2D eigenvalue weighted by molar-refractivity contribution is 6.31. The van der Waals surface area contributed by atoms with Crippen molar-refractivity contribution in [1.29, 1.82) is 0 Å². The fourth-order valence-electron chi connectivity index (χ4n) is 6.03. The molecule has 0 spiro atoms. The van der Waals surface area contributed by atoms with Crippen LogP contribution in [0.5, 0.6) is 0 Å². The number of benzene rings is 1. The number of hydrogen-bond acceptors (Lipinski definition) is 4. The molecule has 1 aliphatic carbocycles. The molecule has 3 amide bonds. The summed E-state index contributed by atoms with van der Waals surface area (Å²) in [6.45, 7) is 11.6. The lowest BCUT2D eigenvalue weighted by molar-refractivity contribution is -0.140. The maximum absolute atomic E-state index is 13.2. The number of halogens is 1. The van der Waals surface area contributed by atoms with Gasteiger partial charge in [0.25, 0.3) is 0 Å². The van der Waals surface area contributed by atoms with E-state index in [-0.39, 0.29) is 29.7 Å². The summed E-state index contributed by atoms with van der Waals surface area (Å²) in [4.78, 5) is 44.9.